The Labute approximate surface area is 88.8 Å². The molecule has 0 amide bonds. The van der Waals surface area contributed by atoms with Crippen LogP contribution in [-0.4, -0.2) is 35.1 Å². The van der Waals surface area contributed by atoms with Gasteiger partial charge in [-0.3, -0.25) is 9.89 Å². The van der Waals surface area contributed by atoms with Gasteiger partial charge in [0.2, 0.25) is 0 Å². The Hall–Kier alpha value is -2.64. The Morgan fingerprint density at radius 1 is 1.12 bits per heavy atom. The quantitative estimate of drug-likeness (QED) is 0.525. The van der Waals surface area contributed by atoms with Gasteiger partial charge in [-0.15, -0.1) is 0 Å². The summed E-state index contributed by atoms with van der Waals surface area (Å²) in [6.45, 7) is 0. The number of aromatic amines is 2. The average Bonchev–Trinajstić information content (AvgIpc) is 2.87. The number of fused-ring (bicyclic) bond motifs is 1. The molecule has 0 saturated carbocycles. The van der Waals surface area contributed by atoms with Crippen LogP contribution in [-0.2, 0) is 0 Å². The topological polar surface area (TPSA) is 113 Å². The maximum Gasteiger partial charge on any atom is 0.268 e. The van der Waals surface area contributed by atoms with E-state index in [0.29, 0.717) is 11.3 Å². The lowest BCUT2D eigenvalue weighted by molar-refractivity contribution is 1.09. The predicted molar refractivity (Wildman–Crippen MR) is 54.3 cm³/mol. The van der Waals surface area contributed by atoms with E-state index in [1.807, 2.05) is 0 Å². The van der Waals surface area contributed by atoms with Crippen LogP contribution in [0, 0.1) is 0 Å². The third-order valence-electron chi connectivity index (χ3n) is 1.56. The molecule has 3 rings (SSSR count). The molecule has 0 spiro atoms. The number of hydrogen-bond acceptors (Lipinski definition) is 6. The van der Waals surface area contributed by atoms with Crippen molar-refractivity contribution < 1.29 is 0 Å². The lowest BCUT2D eigenvalue weighted by Gasteiger charge is -1.90. The van der Waals surface area contributed by atoms with E-state index >= 15 is 0 Å². The molecule has 0 bridgehead atoms. The fourth-order valence-corrected chi connectivity index (χ4v) is 0.949. The van der Waals surface area contributed by atoms with E-state index in [-0.39, 0.29) is 5.56 Å². The average molecular weight is 217 g/mol. The van der Waals surface area contributed by atoms with Crippen molar-refractivity contribution in [2.45, 2.75) is 0 Å². The molecule has 0 fully saturated rings. The molecule has 3 aromatic rings. The van der Waals surface area contributed by atoms with Gasteiger partial charge in [0, 0.05) is 12.4 Å². The fourth-order valence-electron chi connectivity index (χ4n) is 0.949. The summed E-state index contributed by atoms with van der Waals surface area (Å²) >= 11 is 0. The summed E-state index contributed by atoms with van der Waals surface area (Å²) in [5.41, 5.74) is 0.602. The normalized spacial score (nSPS) is 9.50. The molecule has 0 unspecified atom stereocenters. The molecule has 0 radical (unpaired) electrons. The van der Waals surface area contributed by atoms with Crippen LogP contribution >= 0.6 is 0 Å². The van der Waals surface area contributed by atoms with Gasteiger partial charge in [0.15, 0.2) is 11.3 Å². The Morgan fingerprint density at radius 2 is 2.00 bits per heavy atom. The molecule has 8 nitrogen and oxygen atoms in total. The standard InChI is InChI=1S/C6H4N4O.C2H3N3/c11-4-3-9-5-6(10-4)8-2-1-7-5;1-3-2-5-4-1/h1-3H,(H,8,10,11);1-2H,(H,3,4,5). The van der Waals surface area contributed by atoms with Crippen molar-refractivity contribution in [3.8, 4) is 0 Å². The molecule has 16 heavy (non-hydrogen) atoms. The van der Waals surface area contributed by atoms with Crippen LogP contribution < -0.4 is 5.56 Å². The molecule has 0 aromatic carbocycles. The predicted octanol–water partition coefficient (Wildman–Crippen LogP) is -0.482. The van der Waals surface area contributed by atoms with E-state index in [1.165, 1.54) is 31.2 Å². The molecular weight excluding hydrogens is 210 g/mol. The van der Waals surface area contributed by atoms with Crippen LogP contribution in [0.3, 0.4) is 0 Å². The van der Waals surface area contributed by atoms with E-state index in [0.717, 1.165) is 0 Å². The molecule has 2 N–H and O–H groups in total. The number of aromatic nitrogens is 7. The Kier molecular flexibility index (Phi) is 2.93. The Balaban J connectivity index is 0.000000162. The highest BCUT2D eigenvalue weighted by molar-refractivity contribution is 5.62. The van der Waals surface area contributed by atoms with Crippen molar-refractivity contribution in [3.63, 3.8) is 0 Å². The molecule has 80 valence electrons. The summed E-state index contributed by atoms with van der Waals surface area (Å²) in [4.78, 5) is 28.3. The van der Waals surface area contributed by atoms with Crippen LogP contribution in [0.15, 0.2) is 36.0 Å². The molecule has 0 aliphatic carbocycles. The number of H-pyrrole nitrogens is 2. The second-order valence-corrected chi connectivity index (χ2v) is 2.63. The van der Waals surface area contributed by atoms with Gasteiger partial charge in [0.05, 0.1) is 6.20 Å². The van der Waals surface area contributed by atoms with Crippen molar-refractivity contribution in [1.29, 1.82) is 0 Å². The minimum absolute atomic E-state index is 0.266. The summed E-state index contributed by atoms with van der Waals surface area (Å²) in [5.74, 6) is 0. The summed E-state index contributed by atoms with van der Waals surface area (Å²) in [6, 6.07) is 0. The van der Waals surface area contributed by atoms with Crippen molar-refractivity contribution in [2.24, 2.45) is 0 Å². The van der Waals surface area contributed by atoms with Crippen LogP contribution in [0.2, 0.25) is 0 Å². The van der Waals surface area contributed by atoms with Gasteiger partial charge in [-0.1, -0.05) is 0 Å². The van der Waals surface area contributed by atoms with Crippen molar-refractivity contribution in [1.82, 2.24) is 35.1 Å². The van der Waals surface area contributed by atoms with Gasteiger partial charge in [-0.2, -0.15) is 5.10 Å². The zero-order chi connectivity index (χ0) is 11.2. The molecule has 8 heteroatoms. The fraction of sp³-hybridized carbons (Fsp3) is 0. The van der Waals surface area contributed by atoms with E-state index in [2.05, 4.69) is 35.1 Å². The minimum Gasteiger partial charge on any atom is -0.303 e. The zero-order valence-corrected chi connectivity index (χ0v) is 8.03. The zero-order valence-electron chi connectivity index (χ0n) is 8.03. The molecule has 3 aromatic heterocycles. The highest BCUT2D eigenvalue weighted by Crippen LogP contribution is 1.93. The first kappa shape index (κ1) is 9.90. The van der Waals surface area contributed by atoms with Gasteiger partial charge in [-0.25, -0.2) is 19.9 Å². The van der Waals surface area contributed by atoms with Crippen LogP contribution in [0.25, 0.3) is 11.3 Å². The third-order valence-corrected chi connectivity index (χ3v) is 1.56. The molecular formula is C8H7N7O. The summed E-state index contributed by atoms with van der Waals surface area (Å²) in [7, 11) is 0. The second-order valence-electron chi connectivity index (χ2n) is 2.63. The highest BCUT2D eigenvalue weighted by atomic mass is 16.1. The summed E-state index contributed by atoms with van der Waals surface area (Å²) in [6.07, 6.45) is 7.16. The maximum atomic E-state index is 10.7. The molecule has 0 saturated heterocycles. The minimum atomic E-state index is -0.266. The van der Waals surface area contributed by atoms with Crippen LogP contribution in [0.4, 0.5) is 0 Å². The molecule has 3 heterocycles. The smallest absolute Gasteiger partial charge is 0.268 e. The SMILES string of the molecule is O=c1cnc2nccnc2[nH]1.c1nc[nH]n1. The number of rotatable bonds is 0. The first-order valence-electron chi connectivity index (χ1n) is 4.31. The van der Waals surface area contributed by atoms with Crippen molar-refractivity contribution in [2.75, 3.05) is 0 Å². The van der Waals surface area contributed by atoms with Gasteiger partial charge in [0.25, 0.3) is 5.56 Å². The molecule has 0 aliphatic rings. The van der Waals surface area contributed by atoms with Crippen molar-refractivity contribution >= 4 is 11.3 Å². The molecule has 0 atom stereocenters. The lowest BCUT2D eigenvalue weighted by Crippen LogP contribution is -2.06. The Bertz CT molecular complexity index is 586. The van der Waals surface area contributed by atoms with Gasteiger partial charge in [-0.05, 0) is 0 Å². The second kappa shape index (κ2) is 4.73. The summed E-state index contributed by atoms with van der Waals surface area (Å²) < 4.78 is 0. The van der Waals surface area contributed by atoms with Crippen molar-refractivity contribution in [3.05, 3.63) is 41.6 Å². The monoisotopic (exact) mass is 217 g/mol. The van der Waals surface area contributed by atoms with Crippen LogP contribution in [0.5, 0.6) is 0 Å². The third kappa shape index (κ3) is 2.44. The molecule has 0 aliphatic heterocycles. The van der Waals surface area contributed by atoms with Crippen LogP contribution in [0.1, 0.15) is 0 Å². The van der Waals surface area contributed by atoms with E-state index in [1.54, 1.807) is 0 Å². The van der Waals surface area contributed by atoms with Gasteiger partial charge < -0.3 is 4.98 Å². The first-order valence-corrected chi connectivity index (χ1v) is 4.31. The maximum absolute atomic E-state index is 10.7. The number of nitrogens with one attached hydrogen (secondary N) is 2. The van der Waals surface area contributed by atoms with E-state index in [9.17, 15) is 4.79 Å². The highest BCUT2D eigenvalue weighted by Gasteiger charge is 1.93. The Morgan fingerprint density at radius 3 is 2.69 bits per heavy atom. The van der Waals surface area contributed by atoms with E-state index < -0.39 is 0 Å². The first-order chi connectivity index (χ1) is 7.86. The van der Waals surface area contributed by atoms with Gasteiger partial charge in [0.1, 0.15) is 12.7 Å². The number of nitrogens with zero attached hydrogens (tertiary/aromatic N) is 5. The lowest BCUT2D eigenvalue weighted by atomic mass is 10.6. The van der Waals surface area contributed by atoms with E-state index in [4.69, 9.17) is 0 Å². The largest absolute Gasteiger partial charge is 0.303 e. The summed E-state index contributed by atoms with van der Waals surface area (Å²) in [5, 5.41) is 5.99. The van der Waals surface area contributed by atoms with Gasteiger partial charge >= 0.3 is 0 Å². The number of hydrogen-bond donors (Lipinski definition) is 2.